The summed E-state index contributed by atoms with van der Waals surface area (Å²) in [4.78, 5) is 6.99. The van der Waals surface area contributed by atoms with E-state index in [1.807, 2.05) is 29.1 Å². The fourth-order valence-corrected chi connectivity index (χ4v) is 3.29. The second-order valence-electron chi connectivity index (χ2n) is 6.30. The highest BCUT2D eigenvalue weighted by atomic mass is 15.4. The molecule has 1 saturated heterocycles. The molecule has 0 spiro atoms. The maximum Gasteiger partial charge on any atom is 0.0995 e. The smallest absolute Gasteiger partial charge is 0.0995 e. The number of nitrogens with zero attached hydrogens (tertiary/aromatic N) is 5. The number of rotatable bonds is 4. The predicted octanol–water partition coefficient (Wildman–Crippen LogP) is 3.03. The number of para-hydroxylation sites is 1. The Kier molecular flexibility index (Phi) is 3.79. The van der Waals surface area contributed by atoms with E-state index in [4.69, 9.17) is 0 Å². The molecule has 1 atom stereocenters. The largest absolute Gasteiger partial charge is 0.295 e. The number of benzene rings is 1. The molecule has 1 aliphatic heterocycles. The van der Waals surface area contributed by atoms with E-state index in [0.29, 0.717) is 12.6 Å². The van der Waals surface area contributed by atoms with Crippen LogP contribution in [0.1, 0.15) is 37.1 Å². The number of likely N-dealkylation sites (tertiary alicyclic amines) is 1. The number of hydrogen-bond donors (Lipinski definition) is 0. The van der Waals surface area contributed by atoms with Gasteiger partial charge in [-0.25, -0.2) is 4.68 Å². The standard InChI is InChI=1S/C18H21N5/c1-14(22-8-4-5-9-22)18-13-23(21-20-18)12-15-10-16-6-2-3-7-17(16)19-11-15/h2-3,6-7,10-11,13-14H,4-5,8-9,12H2,1H3. The van der Waals surface area contributed by atoms with Crippen LogP contribution in [-0.4, -0.2) is 38.0 Å². The summed E-state index contributed by atoms with van der Waals surface area (Å²) in [5, 5.41) is 9.83. The molecule has 118 valence electrons. The first-order valence-electron chi connectivity index (χ1n) is 8.27. The Labute approximate surface area is 135 Å². The SMILES string of the molecule is CC(c1cn(Cc2cnc3ccccc3c2)nn1)N1CCCC1. The summed E-state index contributed by atoms with van der Waals surface area (Å²) < 4.78 is 1.91. The molecule has 0 N–H and O–H groups in total. The third-order valence-corrected chi connectivity index (χ3v) is 4.66. The summed E-state index contributed by atoms with van der Waals surface area (Å²) in [6.45, 7) is 5.26. The van der Waals surface area contributed by atoms with Gasteiger partial charge in [-0.15, -0.1) is 5.10 Å². The van der Waals surface area contributed by atoms with Crippen molar-refractivity contribution in [2.24, 2.45) is 0 Å². The minimum absolute atomic E-state index is 0.348. The molecular formula is C18H21N5. The van der Waals surface area contributed by atoms with E-state index in [0.717, 1.165) is 22.2 Å². The van der Waals surface area contributed by atoms with Crippen LogP contribution in [0, 0.1) is 0 Å². The van der Waals surface area contributed by atoms with Gasteiger partial charge in [0.05, 0.1) is 30.0 Å². The van der Waals surface area contributed by atoms with Crippen molar-refractivity contribution in [2.75, 3.05) is 13.1 Å². The lowest BCUT2D eigenvalue weighted by Crippen LogP contribution is -2.23. The fourth-order valence-electron chi connectivity index (χ4n) is 3.29. The maximum atomic E-state index is 4.51. The first-order valence-corrected chi connectivity index (χ1v) is 8.27. The predicted molar refractivity (Wildman–Crippen MR) is 90.1 cm³/mol. The van der Waals surface area contributed by atoms with Gasteiger partial charge in [-0.1, -0.05) is 23.4 Å². The Bertz CT molecular complexity index is 804. The lowest BCUT2D eigenvalue weighted by Gasteiger charge is -2.21. The second kappa shape index (κ2) is 6.08. The highest BCUT2D eigenvalue weighted by Gasteiger charge is 2.21. The monoisotopic (exact) mass is 307 g/mol. The molecule has 1 fully saturated rings. The van der Waals surface area contributed by atoms with Crippen molar-refractivity contribution in [1.29, 1.82) is 0 Å². The van der Waals surface area contributed by atoms with E-state index in [9.17, 15) is 0 Å². The summed E-state index contributed by atoms with van der Waals surface area (Å²) >= 11 is 0. The van der Waals surface area contributed by atoms with Crippen LogP contribution in [0.4, 0.5) is 0 Å². The molecule has 23 heavy (non-hydrogen) atoms. The van der Waals surface area contributed by atoms with E-state index >= 15 is 0 Å². The summed E-state index contributed by atoms with van der Waals surface area (Å²) in [6.07, 6.45) is 6.58. The van der Waals surface area contributed by atoms with Gasteiger partial charge in [-0.3, -0.25) is 9.88 Å². The Hall–Kier alpha value is -2.27. The highest BCUT2D eigenvalue weighted by molar-refractivity contribution is 5.78. The lowest BCUT2D eigenvalue weighted by atomic mass is 10.1. The zero-order valence-electron chi connectivity index (χ0n) is 13.4. The molecule has 0 saturated carbocycles. The first kappa shape index (κ1) is 14.3. The second-order valence-corrected chi connectivity index (χ2v) is 6.30. The number of fused-ring (bicyclic) bond motifs is 1. The Morgan fingerprint density at radius 3 is 2.87 bits per heavy atom. The summed E-state index contributed by atoms with van der Waals surface area (Å²) in [5.74, 6) is 0. The van der Waals surface area contributed by atoms with Gasteiger partial charge in [-0.05, 0) is 50.6 Å². The minimum Gasteiger partial charge on any atom is -0.295 e. The number of aromatic nitrogens is 4. The van der Waals surface area contributed by atoms with E-state index in [1.54, 1.807) is 0 Å². The zero-order valence-corrected chi connectivity index (χ0v) is 13.4. The fraction of sp³-hybridized carbons (Fsp3) is 0.389. The van der Waals surface area contributed by atoms with Crippen molar-refractivity contribution in [3.8, 4) is 0 Å². The van der Waals surface area contributed by atoms with E-state index in [2.05, 4.69) is 45.4 Å². The van der Waals surface area contributed by atoms with Crippen LogP contribution < -0.4 is 0 Å². The average molecular weight is 307 g/mol. The molecule has 5 heteroatoms. The van der Waals surface area contributed by atoms with Crippen LogP contribution in [0.15, 0.2) is 42.7 Å². The summed E-state index contributed by atoms with van der Waals surface area (Å²) in [5.41, 5.74) is 3.23. The van der Waals surface area contributed by atoms with Crippen LogP contribution in [0.2, 0.25) is 0 Å². The number of pyridine rings is 1. The van der Waals surface area contributed by atoms with Crippen molar-refractivity contribution < 1.29 is 0 Å². The van der Waals surface area contributed by atoms with Gasteiger partial charge in [-0.2, -0.15) is 0 Å². The Balaban J connectivity index is 1.52. The summed E-state index contributed by atoms with van der Waals surface area (Å²) in [7, 11) is 0. The molecule has 0 aliphatic carbocycles. The minimum atomic E-state index is 0.348. The van der Waals surface area contributed by atoms with Crippen LogP contribution >= 0.6 is 0 Å². The average Bonchev–Trinajstić information content (AvgIpc) is 3.26. The molecule has 0 amide bonds. The molecule has 4 rings (SSSR count). The summed E-state index contributed by atoms with van der Waals surface area (Å²) in [6, 6.07) is 10.7. The van der Waals surface area contributed by atoms with Crippen molar-refractivity contribution in [1.82, 2.24) is 24.9 Å². The topological polar surface area (TPSA) is 46.8 Å². The van der Waals surface area contributed by atoms with Crippen LogP contribution in [0.5, 0.6) is 0 Å². The zero-order chi connectivity index (χ0) is 15.6. The maximum absolute atomic E-state index is 4.51. The van der Waals surface area contributed by atoms with Crippen molar-refractivity contribution >= 4 is 10.9 Å². The van der Waals surface area contributed by atoms with Gasteiger partial charge < -0.3 is 0 Å². The molecule has 3 aromatic rings. The van der Waals surface area contributed by atoms with Gasteiger partial charge in [0.25, 0.3) is 0 Å². The Morgan fingerprint density at radius 1 is 1.17 bits per heavy atom. The third kappa shape index (κ3) is 2.97. The molecule has 1 unspecified atom stereocenters. The third-order valence-electron chi connectivity index (χ3n) is 4.66. The van der Waals surface area contributed by atoms with Gasteiger partial charge >= 0.3 is 0 Å². The molecule has 1 aromatic carbocycles. The molecule has 0 radical (unpaired) electrons. The van der Waals surface area contributed by atoms with Crippen molar-refractivity contribution in [2.45, 2.75) is 32.4 Å². The van der Waals surface area contributed by atoms with E-state index in [-0.39, 0.29) is 0 Å². The van der Waals surface area contributed by atoms with Gasteiger partial charge in [0, 0.05) is 11.6 Å². The van der Waals surface area contributed by atoms with Crippen LogP contribution in [0.3, 0.4) is 0 Å². The highest BCUT2D eigenvalue weighted by Crippen LogP contribution is 2.22. The Morgan fingerprint density at radius 2 is 2.00 bits per heavy atom. The molecule has 5 nitrogen and oxygen atoms in total. The van der Waals surface area contributed by atoms with Gasteiger partial charge in [0.15, 0.2) is 0 Å². The number of hydrogen-bond acceptors (Lipinski definition) is 4. The lowest BCUT2D eigenvalue weighted by molar-refractivity contribution is 0.258. The molecule has 2 aromatic heterocycles. The van der Waals surface area contributed by atoms with E-state index < -0.39 is 0 Å². The molecular weight excluding hydrogens is 286 g/mol. The van der Waals surface area contributed by atoms with E-state index in [1.165, 1.54) is 25.9 Å². The first-order chi connectivity index (χ1) is 11.3. The van der Waals surface area contributed by atoms with Gasteiger partial charge in [0.2, 0.25) is 0 Å². The quantitative estimate of drug-likeness (QED) is 0.743. The van der Waals surface area contributed by atoms with Crippen molar-refractivity contribution in [3.63, 3.8) is 0 Å². The van der Waals surface area contributed by atoms with Crippen LogP contribution in [0.25, 0.3) is 10.9 Å². The van der Waals surface area contributed by atoms with Gasteiger partial charge in [0.1, 0.15) is 0 Å². The molecule has 0 bridgehead atoms. The van der Waals surface area contributed by atoms with Crippen molar-refractivity contribution in [3.05, 3.63) is 54.0 Å². The normalized spacial score (nSPS) is 16.9. The van der Waals surface area contributed by atoms with Crippen LogP contribution in [-0.2, 0) is 6.54 Å². The molecule has 1 aliphatic rings. The molecule has 3 heterocycles.